The fourth-order valence-corrected chi connectivity index (χ4v) is 2.92. The average Bonchev–Trinajstić information content (AvgIpc) is 2.35. The van der Waals surface area contributed by atoms with Gasteiger partial charge >= 0.3 is 0 Å². The van der Waals surface area contributed by atoms with E-state index in [1.165, 1.54) is 32.1 Å². The highest BCUT2D eigenvalue weighted by atomic mass is 16.5. The number of rotatable bonds is 6. The van der Waals surface area contributed by atoms with Crippen LogP contribution < -0.4 is 11.3 Å². The predicted octanol–water partition coefficient (Wildman–Crippen LogP) is 2.46. The third kappa shape index (κ3) is 4.04. The molecular formula is C13H28N2O. The summed E-state index contributed by atoms with van der Waals surface area (Å²) in [6, 6.07) is 0.421. The largest absolute Gasteiger partial charge is 0.382 e. The van der Waals surface area contributed by atoms with Crippen LogP contribution in [0.4, 0.5) is 0 Å². The molecule has 3 N–H and O–H groups in total. The first-order chi connectivity index (χ1) is 7.71. The molecule has 0 aromatic heterocycles. The molecule has 0 aromatic carbocycles. The number of methoxy groups -OCH3 is 1. The molecule has 16 heavy (non-hydrogen) atoms. The number of nitrogens with one attached hydrogen (secondary N) is 1. The van der Waals surface area contributed by atoms with E-state index in [1.807, 2.05) is 0 Å². The van der Waals surface area contributed by atoms with Gasteiger partial charge in [-0.3, -0.25) is 11.3 Å². The van der Waals surface area contributed by atoms with Crippen LogP contribution >= 0.6 is 0 Å². The summed E-state index contributed by atoms with van der Waals surface area (Å²) in [7, 11) is 1.77. The van der Waals surface area contributed by atoms with E-state index in [0.717, 1.165) is 18.3 Å². The molecule has 1 aliphatic carbocycles. The standard InChI is InChI=1S/C13H28N2O/c1-4-11-6-5-7-12(9-11)13(15-14)8-10(2)16-3/h10-13,15H,4-9,14H2,1-3H3. The molecule has 3 nitrogen and oxygen atoms in total. The van der Waals surface area contributed by atoms with E-state index >= 15 is 0 Å². The van der Waals surface area contributed by atoms with Crippen molar-refractivity contribution in [1.82, 2.24) is 5.43 Å². The Morgan fingerprint density at radius 3 is 2.75 bits per heavy atom. The quantitative estimate of drug-likeness (QED) is 0.542. The zero-order chi connectivity index (χ0) is 12.0. The van der Waals surface area contributed by atoms with Crippen LogP contribution in [0.1, 0.15) is 52.4 Å². The average molecular weight is 228 g/mol. The van der Waals surface area contributed by atoms with Crippen molar-refractivity contribution in [2.45, 2.75) is 64.5 Å². The molecule has 1 rings (SSSR count). The fraction of sp³-hybridized carbons (Fsp3) is 1.00. The Morgan fingerprint density at radius 1 is 1.44 bits per heavy atom. The Balaban J connectivity index is 2.44. The van der Waals surface area contributed by atoms with E-state index in [1.54, 1.807) is 7.11 Å². The highest BCUT2D eigenvalue weighted by Gasteiger charge is 2.28. The first-order valence-corrected chi connectivity index (χ1v) is 6.70. The summed E-state index contributed by atoms with van der Waals surface area (Å²) in [5.74, 6) is 7.33. The van der Waals surface area contributed by atoms with E-state index in [0.29, 0.717) is 12.1 Å². The van der Waals surface area contributed by atoms with Gasteiger partial charge in [0.25, 0.3) is 0 Å². The predicted molar refractivity (Wildman–Crippen MR) is 67.9 cm³/mol. The van der Waals surface area contributed by atoms with Crippen molar-refractivity contribution in [3.8, 4) is 0 Å². The van der Waals surface area contributed by atoms with Gasteiger partial charge in [-0.25, -0.2) is 0 Å². The van der Waals surface area contributed by atoms with Crippen molar-refractivity contribution in [2.75, 3.05) is 7.11 Å². The van der Waals surface area contributed by atoms with Crippen molar-refractivity contribution in [1.29, 1.82) is 0 Å². The summed E-state index contributed by atoms with van der Waals surface area (Å²) in [5.41, 5.74) is 3.00. The Kier molecular flexibility index (Phi) is 6.32. The molecule has 4 atom stereocenters. The maximum absolute atomic E-state index is 5.69. The third-order valence-electron chi connectivity index (χ3n) is 4.17. The summed E-state index contributed by atoms with van der Waals surface area (Å²) < 4.78 is 5.33. The topological polar surface area (TPSA) is 47.3 Å². The monoisotopic (exact) mass is 228 g/mol. The Labute approximate surface area is 100 Å². The van der Waals surface area contributed by atoms with Gasteiger partial charge in [0.1, 0.15) is 0 Å². The molecule has 1 saturated carbocycles. The summed E-state index contributed by atoms with van der Waals surface area (Å²) in [4.78, 5) is 0. The maximum atomic E-state index is 5.69. The Bertz CT molecular complexity index is 185. The molecule has 3 heteroatoms. The molecule has 4 unspecified atom stereocenters. The second kappa shape index (κ2) is 7.25. The minimum absolute atomic E-state index is 0.294. The van der Waals surface area contributed by atoms with Gasteiger partial charge in [-0.1, -0.05) is 26.2 Å². The molecule has 0 heterocycles. The van der Waals surface area contributed by atoms with Gasteiger partial charge in [-0.15, -0.1) is 0 Å². The molecule has 1 aliphatic rings. The molecule has 0 saturated heterocycles. The Hall–Kier alpha value is -0.120. The molecule has 96 valence electrons. The van der Waals surface area contributed by atoms with E-state index in [2.05, 4.69) is 19.3 Å². The molecular weight excluding hydrogens is 200 g/mol. The van der Waals surface area contributed by atoms with Crippen molar-refractivity contribution in [3.05, 3.63) is 0 Å². The zero-order valence-corrected chi connectivity index (χ0v) is 11.0. The van der Waals surface area contributed by atoms with Gasteiger partial charge in [0, 0.05) is 13.2 Å². The van der Waals surface area contributed by atoms with Gasteiger partial charge < -0.3 is 4.74 Å². The SMILES string of the molecule is CCC1CCCC(C(CC(C)OC)NN)C1. The van der Waals surface area contributed by atoms with Crippen LogP contribution in [0.3, 0.4) is 0 Å². The molecule has 0 radical (unpaired) electrons. The van der Waals surface area contributed by atoms with Crippen molar-refractivity contribution >= 4 is 0 Å². The van der Waals surface area contributed by atoms with Gasteiger partial charge in [0.15, 0.2) is 0 Å². The molecule has 1 fully saturated rings. The van der Waals surface area contributed by atoms with Crippen LogP contribution in [0.15, 0.2) is 0 Å². The summed E-state index contributed by atoms with van der Waals surface area (Å²) in [6.45, 7) is 4.42. The van der Waals surface area contributed by atoms with E-state index in [4.69, 9.17) is 10.6 Å². The van der Waals surface area contributed by atoms with E-state index in [-0.39, 0.29) is 0 Å². The summed E-state index contributed by atoms with van der Waals surface area (Å²) in [5, 5.41) is 0. The highest BCUT2D eigenvalue weighted by molar-refractivity contribution is 4.82. The normalized spacial score (nSPS) is 30.0. The Morgan fingerprint density at radius 2 is 2.19 bits per heavy atom. The van der Waals surface area contributed by atoms with Crippen LogP contribution in [0, 0.1) is 11.8 Å². The van der Waals surface area contributed by atoms with E-state index in [9.17, 15) is 0 Å². The molecule has 0 amide bonds. The number of hydrogen-bond donors (Lipinski definition) is 2. The lowest BCUT2D eigenvalue weighted by Gasteiger charge is -2.34. The number of ether oxygens (including phenoxy) is 1. The van der Waals surface area contributed by atoms with E-state index < -0.39 is 0 Å². The lowest BCUT2D eigenvalue weighted by molar-refractivity contribution is 0.0828. The lowest BCUT2D eigenvalue weighted by Crippen LogP contribution is -2.44. The smallest absolute Gasteiger partial charge is 0.0558 e. The second-order valence-electron chi connectivity index (χ2n) is 5.26. The van der Waals surface area contributed by atoms with Gasteiger partial charge in [-0.2, -0.15) is 0 Å². The van der Waals surface area contributed by atoms with Crippen LogP contribution in [-0.4, -0.2) is 19.3 Å². The van der Waals surface area contributed by atoms with Gasteiger partial charge in [0.2, 0.25) is 0 Å². The van der Waals surface area contributed by atoms with Crippen LogP contribution in [0.25, 0.3) is 0 Å². The fourth-order valence-electron chi connectivity index (χ4n) is 2.92. The van der Waals surface area contributed by atoms with Crippen molar-refractivity contribution in [2.24, 2.45) is 17.7 Å². The van der Waals surface area contributed by atoms with Crippen molar-refractivity contribution in [3.63, 3.8) is 0 Å². The summed E-state index contributed by atoms with van der Waals surface area (Å²) in [6.07, 6.45) is 8.06. The van der Waals surface area contributed by atoms with Crippen LogP contribution in [0.5, 0.6) is 0 Å². The molecule has 0 bridgehead atoms. The highest BCUT2D eigenvalue weighted by Crippen LogP contribution is 2.33. The number of nitrogens with two attached hydrogens (primary N) is 1. The number of hydrogen-bond acceptors (Lipinski definition) is 3. The summed E-state index contributed by atoms with van der Waals surface area (Å²) >= 11 is 0. The molecule has 0 aromatic rings. The minimum atomic E-state index is 0.294. The third-order valence-corrected chi connectivity index (χ3v) is 4.17. The first-order valence-electron chi connectivity index (χ1n) is 6.70. The van der Waals surface area contributed by atoms with Gasteiger partial charge in [-0.05, 0) is 38.0 Å². The number of hydrazine groups is 1. The van der Waals surface area contributed by atoms with Crippen LogP contribution in [0.2, 0.25) is 0 Å². The first kappa shape index (κ1) is 13.9. The maximum Gasteiger partial charge on any atom is 0.0558 e. The molecule has 0 spiro atoms. The minimum Gasteiger partial charge on any atom is -0.382 e. The zero-order valence-electron chi connectivity index (χ0n) is 11.0. The van der Waals surface area contributed by atoms with Crippen LogP contribution in [-0.2, 0) is 4.74 Å². The van der Waals surface area contributed by atoms with Crippen molar-refractivity contribution < 1.29 is 4.74 Å². The van der Waals surface area contributed by atoms with Gasteiger partial charge in [0.05, 0.1) is 6.10 Å². The second-order valence-corrected chi connectivity index (χ2v) is 5.26. The molecule has 0 aliphatic heterocycles. The lowest BCUT2D eigenvalue weighted by atomic mass is 9.76.